The van der Waals surface area contributed by atoms with Gasteiger partial charge >= 0.3 is 0 Å². The molecule has 0 aliphatic carbocycles. The maximum Gasteiger partial charge on any atom is 0.00353 e. The molecular formula is C17H17I. The second kappa shape index (κ2) is 6.19. The van der Waals surface area contributed by atoms with E-state index < -0.39 is 0 Å². The maximum absolute atomic E-state index is 2.43. The first-order chi connectivity index (χ1) is 8.65. The average molecular weight is 348 g/mol. The fourth-order valence-electron chi connectivity index (χ4n) is 2.01. The first-order valence-corrected chi connectivity index (χ1v) is 7.20. The van der Waals surface area contributed by atoms with Crippen LogP contribution in [-0.4, -0.2) is 0 Å². The Labute approximate surface area is 123 Å². The number of allylic oxidation sites excluding steroid dienone is 1. The monoisotopic (exact) mass is 348 g/mol. The second-order valence-electron chi connectivity index (χ2n) is 4.61. The highest BCUT2D eigenvalue weighted by Crippen LogP contribution is 2.21. The van der Waals surface area contributed by atoms with Gasteiger partial charge in [0.05, 0.1) is 0 Å². The zero-order valence-electron chi connectivity index (χ0n) is 10.8. The molecule has 18 heavy (non-hydrogen) atoms. The molecule has 2 aromatic carbocycles. The van der Waals surface area contributed by atoms with Crippen LogP contribution in [0.15, 0.2) is 52.1 Å². The summed E-state index contributed by atoms with van der Waals surface area (Å²) in [5.41, 5.74) is 5.40. The molecule has 1 heteroatoms. The van der Waals surface area contributed by atoms with Crippen molar-refractivity contribution in [3.05, 3.63) is 74.4 Å². The van der Waals surface area contributed by atoms with Crippen molar-refractivity contribution in [1.82, 2.24) is 0 Å². The minimum absolute atomic E-state index is 1.02. The number of hydrogen-bond acceptors (Lipinski definition) is 0. The van der Waals surface area contributed by atoms with E-state index in [0.717, 1.165) is 6.42 Å². The van der Waals surface area contributed by atoms with Crippen molar-refractivity contribution in [2.75, 3.05) is 0 Å². The van der Waals surface area contributed by atoms with Crippen molar-refractivity contribution < 1.29 is 0 Å². The third kappa shape index (κ3) is 3.70. The molecular weight excluding hydrogens is 331 g/mol. The third-order valence-corrected chi connectivity index (χ3v) is 3.67. The van der Waals surface area contributed by atoms with Gasteiger partial charge < -0.3 is 0 Å². The molecule has 2 aromatic rings. The lowest BCUT2D eigenvalue weighted by Gasteiger charge is -2.06. The molecule has 0 aliphatic heterocycles. The van der Waals surface area contributed by atoms with Crippen molar-refractivity contribution in [2.24, 2.45) is 0 Å². The second-order valence-corrected chi connectivity index (χ2v) is 5.99. The Bertz CT molecular complexity index is 553. The summed E-state index contributed by atoms with van der Waals surface area (Å²) in [5.74, 6) is 0. The molecule has 92 valence electrons. The maximum atomic E-state index is 2.43. The first-order valence-electron chi connectivity index (χ1n) is 6.12. The number of benzene rings is 2. The molecule has 0 spiro atoms. The molecule has 0 fully saturated rings. The van der Waals surface area contributed by atoms with Crippen molar-refractivity contribution in [2.45, 2.75) is 20.3 Å². The molecule has 0 amide bonds. The molecule has 0 aromatic heterocycles. The van der Waals surface area contributed by atoms with Crippen LogP contribution in [0.3, 0.4) is 0 Å². The SMILES string of the molecule is Cc1ccc(C/C(I)=C/c2ccccc2)c(C)c1. The van der Waals surface area contributed by atoms with Gasteiger partial charge in [-0.25, -0.2) is 0 Å². The zero-order chi connectivity index (χ0) is 13.0. The molecule has 0 heterocycles. The highest BCUT2D eigenvalue weighted by Gasteiger charge is 2.01. The van der Waals surface area contributed by atoms with Gasteiger partial charge in [-0.3, -0.25) is 0 Å². The number of halogens is 1. The van der Waals surface area contributed by atoms with Gasteiger partial charge in [0.2, 0.25) is 0 Å². The van der Waals surface area contributed by atoms with Crippen LogP contribution in [0.5, 0.6) is 0 Å². The molecule has 0 bridgehead atoms. The minimum Gasteiger partial charge on any atom is -0.0622 e. The molecule has 0 saturated heterocycles. The summed E-state index contributed by atoms with van der Waals surface area (Å²) in [5, 5.41) is 0. The lowest BCUT2D eigenvalue weighted by Crippen LogP contribution is -1.90. The molecule has 0 radical (unpaired) electrons. The summed E-state index contributed by atoms with van der Waals surface area (Å²) in [7, 11) is 0. The van der Waals surface area contributed by atoms with E-state index in [1.807, 2.05) is 6.07 Å². The van der Waals surface area contributed by atoms with Gasteiger partial charge in [0.25, 0.3) is 0 Å². The van der Waals surface area contributed by atoms with Crippen molar-refractivity contribution in [1.29, 1.82) is 0 Å². The van der Waals surface area contributed by atoms with Crippen LogP contribution >= 0.6 is 22.6 Å². The van der Waals surface area contributed by atoms with Crippen molar-refractivity contribution in [3.8, 4) is 0 Å². The van der Waals surface area contributed by atoms with Gasteiger partial charge in [-0.1, -0.05) is 54.1 Å². The quantitative estimate of drug-likeness (QED) is 0.659. The van der Waals surface area contributed by atoms with Gasteiger partial charge in [-0.05, 0) is 62.8 Å². The fourth-order valence-corrected chi connectivity index (χ4v) is 2.78. The molecule has 2 rings (SSSR count). The smallest absolute Gasteiger partial charge is 0.00353 e. The summed E-state index contributed by atoms with van der Waals surface area (Å²) in [6.45, 7) is 4.33. The Balaban J connectivity index is 2.16. The van der Waals surface area contributed by atoms with E-state index >= 15 is 0 Å². The fraction of sp³-hybridized carbons (Fsp3) is 0.176. The summed E-state index contributed by atoms with van der Waals surface area (Å²) >= 11 is 2.43. The lowest BCUT2D eigenvalue weighted by atomic mass is 10.0. The predicted octanol–water partition coefficient (Wildman–Crippen LogP) is 5.32. The van der Waals surface area contributed by atoms with E-state index in [-0.39, 0.29) is 0 Å². The van der Waals surface area contributed by atoms with Gasteiger partial charge in [0.15, 0.2) is 0 Å². The largest absolute Gasteiger partial charge is 0.0622 e. The van der Waals surface area contributed by atoms with Crippen molar-refractivity contribution in [3.63, 3.8) is 0 Å². The van der Waals surface area contributed by atoms with Gasteiger partial charge in [0, 0.05) is 6.42 Å². The van der Waals surface area contributed by atoms with Crippen LogP contribution in [0.1, 0.15) is 22.3 Å². The van der Waals surface area contributed by atoms with Crippen LogP contribution in [0, 0.1) is 13.8 Å². The van der Waals surface area contributed by atoms with Crippen LogP contribution in [0.25, 0.3) is 6.08 Å². The summed E-state index contributed by atoms with van der Waals surface area (Å²) in [4.78, 5) is 0. The summed E-state index contributed by atoms with van der Waals surface area (Å²) < 4.78 is 1.37. The van der Waals surface area contributed by atoms with Gasteiger partial charge in [-0.15, -0.1) is 0 Å². The molecule has 0 saturated carbocycles. The Morgan fingerprint density at radius 2 is 1.78 bits per heavy atom. The Morgan fingerprint density at radius 3 is 2.44 bits per heavy atom. The average Bonchev–Trinajstić information content (AvgIpc) is 2.34. The molecule has 0 nitrogen and oxygen atoms in total. The van der Waals surface area contributed by atoms with Crippen LogP contribution in [-0.2, 0) is 6.42 Å². The van der Waals surface area contributed by atoms with E-state index in [1.165, 1.54) is 25.8 Å². The number of hydrogen-bond donors (Lipinski definition) is 0. The molecule has 0 aliphatic rings. The van der Waals surface area contributed by atoms with Gasteiger partial charge in [-0.2, -0.15) is 0 Å². The van der Waals surface area contributed by atoms with Crippen LogP contribution in [0.4, 0.5) is 0 Å². The predicted molar refractivity (Wildman–Crippen MR) is 88.1 cm³/mol. The Morgan fingerprint density at radius 1 is 1.06 bits per heavy atom. The number of aryl methyl sites for hydroxylation is 2. The highest BCUT2D eigenvalue weighted by molar-refractivity contribution is 14.1. The van der Waals surface area contributed by atoms with Crippen LogP contribution < -0.4 is 0 Å². The molecule has 0 unspecified atom stereocenters. The van der Waals surface area contributed by atoms with E-state index in [2.05, 4.69) is 85.0 Å². The zero-order valence-corrected chi connectivity index (χ0v) is 12.9. The van der Waals surface area contributed by atoms with Crippen LogP contribution in [0.2, 0.25) is 0 Å². The van der Waals surface area contributed by atoms with E-state index in [1.54, 1.807) is 0 Å². The first kappa shape index (κ1) is 13.3. The standard InChI is InChI=1S/C17H17I/c1-13-8-9-16(14(2)10-13)12-17(18)11-15-6-4-3-5-7-15/h3-11H,12H2,1-2H3/b17-11-. The summed E-state index contributed by atoms with van der Waals surface area (Å²) in [6, 6.07) is 17.2. The van der Waals surface area contributed by atoms with E-state index in [9.17, 15) is 0 Å². The Kier molecular flexibility index (Phi) is 4.59. The normalized spacial score (nSPS) is 11.6. The third-order valence-electron chi connectivity index (χ3n) is 2.98. The van der Waals surface area contributed by atoms with Gasteiger partial charge in [0.1, 0.15) is 0 Å². The molecule has 0 N–H and O–H groups in total. The topological polar surface area (TPSA) is 0 Å². The van der Waals surface area contributed by atoms with Crippen molar-refractivity contribution >= 4 is 28.7 Å². The lowest BCUT2D eigenvalue weighted by molar-refractivity contribution is 1.20. The van der Waals surface area contributed by atoms with E-state index in [0.29, 0.717) is 0 Å². The molecule has 0 atom stereocenters. The Hall–Kier alpha value is -1.09. The van der Waals surface area contributed by atoms with E-state index in [4.69, 9.17) is 0 Å². The summed E-state index contributed by atoms with van der Waals surface area (Å²) in [6.07, 6.45) is 3.27. The number of rotatable bonds is 3. The highest BCUT2D eigenvalue weighted by atomic mass is 127. The minimum atomic E-state index is 1.02.